The van der Waals surface area contributed by atoms with Crippen molar-refractivity contribution in [3.05, 3.63) is 41.4 Å². The Labute approximate surface area is 154 Å². The van der Waals surface area contributed by atoms with Crippen molar-refractivity contribution in [3.8, 4) is 0 Å². The van der Waals surface area contributed by atoms with Gasteiger partial charge in [0.25, 0.3) is 0 Å². The van der Waals surface area contributed by atoms with Crippen molar-refractivity contribution in [3.63, 3.8) is 0 Å². The molecule has 26 heavy (non-hydrogen) atoms. The number of amides is 1. The van der Waals surface area contributed by atoms with E-state index in [1.54, 1.807) is 0 Å². The molecule has 2 aromatic heterocycles. The lowest BCUT2D eigenvalue weighted by Gasteiger charge is -2.35. The number of hydrogen-bond donors (Lipinski definition) is 0. The Hall–Kier alpha value is -2.41. The molecule has 1 aliphatic heterocycles. The third kappa shape index (κ3) is 4.40. The molecule has 7 heteroatoms. The Morgan fingerprint density at radius 2 is 2.00 bits per heavy atom. The minimum Gasteiger partial charge on any atom is -0.361 e. The summed E-state index contributed by atoms with van der Waals surface area (Å²) in [5.74, 6) is 2.06. The first-order valence-corrected chi connectivity index (χ1v) is 9.08. The second-order valence-corrected chi connectivity index (χ2v) is 6.85. The zero-order valence-corrected chi connectivity index (χ0v) is 15.8. The summed E-state index contributed by atoms with van der Waals surface area (Å²) in [7, 11) is 2.03. The number of hydrogen-bond acceptors (Lipinski definition) is 6. The van der Waals surface area contributed by atoms with Gasteiger partial charge in [0.05, 0.1) is 5.69 Å². The van der Waals surface area contributed by atoms with Crippen molar-refractivity contribution < 1.29 is 9.32 Å². The summed E-state index contributed by atoms with van der Waals surface area (Å²) in [5, 5.41) is 3.98. The van der Waals surface area contributed by atoms with Gasteiger partial charge in [-0.05, 0) is 33.0 Å². The van der Waals surface area contributed by atoms with Gasteiger partial charge >= 0.3 is 0 Å². The monoisotopic (exact) mass is 357 g/mol. The summed E-state index contributed by atoms with van der Waals surface area (Å²) in [4.78, 5) is 23.2. The highest BCUT2D eigenvalue weighted by Gasteiger charge is 2.22. The third-order valence-electron chi connectivity index (χ3n) is 4.92. The number of nitrogens with zero attached hydrogens (tertiary/aromatic N) is 5. The second kappa shape index (κ2) is 8.31. The SMILES string of the molecule is Cc1noc(C)c1CN(C)CCC(=O)N1CCN(c2ccccn2)CC1. The standard InChI is InChI=1S/C19H27N5O2/c1-15-17(16(2)26-21-15)14-22(3)9-7-19(25)24-12-10-23(11-13-24)18-6-4-5-8-20-18/h4-6,8H,7,9-14H2,1-3H3. The van der Waals surface area contributed by atoms with Crippen molar-refractivity contribution in [1.29, 1.82) is 0 Å². The van der Waals surface area contributed by atoms with E-state index in [0.29, 0.717) is 6.42 Å². The largest absolute Gasteiger partial charge is 0.361 e. The average molecular weight is 357 g/mol. The minimum absolute atomic E-state index is 0.219. The summed E-state index contributed by atoms with van der Waals surface area (Å²) in [6.07, 6.45) is 2.34. The highest BCUT2D eigenvalue weighted by molar-refractivity contribution is 5.76. The molecule has 0 aromatic carbocycles. The maximum Gasteiger partial charge on any atom is 0.223 e. The lowest BCUT2D eigenvalue weighted by molar-refractivity contribution is -0.131. The van der Waals surface area contributed by atoms with Gasteiger partial charge in [0.15, 0.2) is 0 Å². The molecule has 0 bridgehead atoms. The molecule has 3 heterocycles. The molecule has 7 nitrogen and oxygen atoms in total. The lowest BCUT2D eigenvalue weighted by atomic mass is 10.2. The van der Waals surface area contributed by atoms with Crippen LogP contribution in [-0.4, -0.2) is 65.6 Å². The van der Waals surface area contributed by atoms with Gasteiger partial charge in [-0.2, -0.15) is 0 Å². The van der Waals surface area contributed by atoms with E-state index in [2.05, 4.69) is 19.9 Å². The van der Waals surface area contributed by atoms with E-state index in [-0.39, 0.29) is 5.91 Å². The van der Waals surface area contributed by atoms with Crippen LogP contribution in [-0.2, 0) is 11.3 Å². The Morgan fingerprint density at radius 1 is 1.23 bits per heavy atom. The van der Waals surface area contributed by atoms with Crippen LogP contribution in [0.25, 0.3) is 0 Å². The number of pyridine rings is 1. The van der Waals surface area contributed by atoms with Crippen molar-refractivity contribution in [2.45, 2.75) is 26.8 Å². The molecular formula is C19H27N5O2. The molecule has 0 radical (unpaired) electrons. The third-order valence-corrected chi connectivity index (χ3v) is 4.92. The molecule has 3 rings (SSSR count). The maximum absolute atomic E-state index is 12.5. The topological polar surface area (TPSA) is 65.7 Å². The predicted octanol–water partition coefficient (Wildman–Crippen LogP) is 1.86. The molecule has 1 amide bonds. The van der Waals surface area contributed by atoms with Gasteiger partial charge in [-0.1, -0.05) is 11.2 Å². The number of carbonyl (C=O) groups is 1. The van der Waals surface area contributed by atoms with E-state index in [0.717, 1.165) is 62.1 Å². The van der Waals surface area contributed by atoms with Gasteiger partial charge in [-0.15, -0.1) is 0 Å². The molecule has 0 atom stereocenters. The van der Waals surface area contributed by atoms with Crippen LogP contribution in [0.2, 0.25) is 0 Å². The molecule has 140 valence electrons. The maximum atomic E-state index is 12.5. The summed E-state index contributed by atoms with van der Waals surface area (Å²) >= 11 is 0. The molecule has 1 fully saturated rings. The summed E-state index contributed by atoms with van der Waals surface area (Å²) in [6, 6.07) is 5.93. The normalized spacial score (nSPS) is 14.9. The van der Waals surface area contributed by atoms with E-state index in [1.807, 2.05) is 50.2 Å². The van der Waals surface area contributed by atoms with E-state index in [9.17, 15) is 4.79 Å². The van der Waals surface area contributed by atoms with Crippen LogP contribution in [0, 0.1) is 13.8 Å². The van der Waals surface area contributed by atoms with Crippen LogP contribution < -0.4 is 4.90 Å². The zero-order chi connectivity index (χ0) is 18.5. The van der Waals surface area contributed by atoms with Crippen LogP contribution in [0.1, 0.15) is 23.4 Å². The van der Waals surface area contributed by atoms with E-state index >= 15 is 0 Å². The molecule has 2 aromatic rings. The highest BCUT2D eigenvalue weighted by atomic mass is 16.5. The average Bonchev–Trinajstić information content (AvgIpc) is 2.99. The van der Waals surface area contributed by atoms with Crippen molar-refractivity contribution in [2.24, 2.45) is 0 Å². The smallest absolute Gasteiger partial charge is 0.223 e. The van der Waals surface area contributed by atoms with Crippen molar-refractivity contribution >= 4 is 11.7 Å². The van der Waals surface area contributed by atoms with Gasteiger partial charge < -0.3 is 19.2 Å². The fourth-order valence-corrected chi connectivity index (χ4v) is 3.25. The quantitative estimate of drug-likeness (QED) is 0.786. The molecule has 1 aliphatic rings. The summed E-state index contributed by atoms with van der Waals surface area (Å²) < 4.78 is 5.20. The first-order valence-electron chi connectivity index (χ1n) is 9.08. The van der Waals surface area contributed by atoms with Gasteiger partial charge in [-0.3, -0.25) is 4.79 Å². The van der Waals surface area contributed by atoms with Crippen LogP contribution in [0.4, 0.5) is 5.82 Å². The molecule has 0 spiro atoms. The molecule has 0 aliphatic carbocycles. The number of aryl methyl sites for hydroxylation is 2. The van der Waals surface area contributed by atoms with E-state index < -0.39 is 0 Å². The minimum atomic E-state index is 0.219. The molecular weight excluding hydrogens is 330 g/mol. The molecule has 0 saturated carbocycles. The van der Waals surface area contributed by atoms with Crippen LogP contribution >= 0.6 is 0 Å². The van der Waals surface area contributed by atoms with Crippen LogP contribution in [0.3, 0.4) is 0 Å². The highest BCUT2D eigenvalue weighted by Crippen LogP contribution is 2.15. The Balaban J connectivity index is 1.43. The second-order valence-electron chi connectivity index (χ2n) is 6.85. The number of aromatic nitrogens is 2. The van der Waals surface area contributed by atoms with Gasteiger partial charge in [0.1, 0.15) is 11.6 Å². The number of anilines is 1. The molecule has 1 saturated heterocycles. The van der Waals surface area contributed by atoms with E-state index in [4.69, 9.17) is 4.52 Å². The van der Waals surface area contributed by atoms with Gasteiger partial charge in [0.2, 0.25) is 5.91 Å². The fourth-order valence-electron chi connectivity index (χ4n) is 3.25. The van der Waals surface area contributed by atoms with Crippen molar-refractivity contribution in [2.75, 3.05) is 44.7 Å². The van der Waals surface area contributed by atoms with Crippen LogP contribution in [0.5, 0.6) is 0 Å². The predicted molar refractivity (Wildman–Crippen MR) is 100.0 cm³/mol. The zero-order valence-electron chi connectivity index (χ0n) is 15.8. The van der Waals surface area contributed by atoms with E-state index in [1.165, 1.54) is 0 Å². The van der Waals surface area contributed by atoms with Gasteiger partial charge in [-0.25, -0.2) is 4.98 Å². The lowest BCUT2D eigenvalue weighted by Crippen LogP contribution is -2.49. The Bertz CT molecular complexity index is 703. The number of piperazine rings is 1. The van der Waals surface area contributed by atoms with Gasteiger partial charge in [0, 0.05) is 57.4 Å². The molecule has 0 unspecified atom stereocenters. The summed E-state index contributed by atoms with van der Waals surface area (Å²) in [6.45, 7) is 8.52. The van der Waals surface area contributed by atoms with Crippen LogP contribution in [0.15, 0.2) is 28.9 Å². The number of rotatable bonds is 6. The number of carbonyl (C=O) groups excluding carboxylic acids is 1. The Morgan fingerprint density at radius 3 is 2.62 bits per heavy atom. The first kappa shape index (κ1) is 18.4. The molecule has 0 N–H and O–H groups in total. The fraction of sp³-hybridized carbons (Fsp3) is 0.526. The Kier molecular flexibility index (Phi) is 5.88. The first-order chi connectivity index (χ1) is 12.5. The summed E-state index contributed by atoms with van der Waals surface area (Å²) in [5.41, 5.74) is 2.04. The van der Waals surface area contributed by atoms with Crippen molar-refractivity contribution in [1.82, 2.24) is 19.9 Å².